The number of carbonyl (C=O) groups excluding carboxylic acids is 2. The molecule has 0 radical (unpaired) electrons. The smallest absolute Gasteiger partial charge is 0.313 e. The van der Waals surface area contributed by atoms with Crippen molar-refractivity contribution < 1.29 is 14.3 Å². The van der Waals surface area contributed by atoms with Crippen LogP contribution in [-0.4, -0.2) is 30.4 Å². The van der Waals surface area contributed by atoms with Crippen molar-refractivity contribution in [1.29, 1.82) is 0 Å². The van der Waals surface area contributed by atoms with Crippen molar-refractivity contribution in [2.75, 3.05) is 19.0 Å². The van der Waals surface area contributed by atoms with E-state index < -0.39 is 5.97 Å². The molecular weight excluding hydrogens is 216 g/mol. The average Bonchev–Trinajstić information content (AvgIpc) is 2.66. The highest BCUT2D eigenvalue weighted by Gasteiger charge is 2.15. The Labute approximate surface area is 91.5 Å². The molecule has 0 aliphatic rings. The Bertz CT molecular complexity index is 362. The summed E-state index contributed by atoms with van der Waals surface area (Å²) in [6.07, 6.45) is 1.23. The first-order valence-corrected chi connectivity index (χ1v) is 5.31. The Kier molecular flexibility index (Phi) is 4.23. The number of hydrogen-bond donors (Lipinski definition) is 1. The normalized spacial score (nSPS) is 9.73. The highest BCUT2D eigenvalue weighted by atomic mass is 32.1. The van der Waals surface area contributed by atoms with Crippen LogP contribution < -0.4 is 5.32 Å². The monoisotopic (exact) mass is 228 g/mol. The van der Waals surface area contributed by atoms with Gasteiger partial charge >= 0.3 is 5.97 Å². The van der Waals surface area contributed by atoms with Crippen molar-refractivity contribution in [2.24, 2.45) is 0 Å². The Morgan fingerprint density at radius 2 is 2.33 bits per heavy atom. The van der Waals surface area contributed by atoms with E-state index in [0.29, 0.717) is 10.0 Å². The lowest BCUT2D eigenvalue weighted by Gasteiger charge is -1.98. The number of hydrogen-bond acceptors (Lipinski definition) is 6. The van der Waals surface area contributed by atoms with E-state index in [1.165, 1.54) is 17.5 Å². The third-order valence-electron chi connectivity index (χ3n) is 1.60. The molecule has 0 bridgehead atoms. The summed E-state index contributed by atoms with van der Waals surface area (Å²) in [5.74, 6) is -0.755. The van der Waals surface area contributed by atoms with Crippen LogP contribution in [0.2, 0.25) is 0 Å². The van der Waals surface area contributed by atoms with Gasteiger partial charge in [-0.15, -0.1) is 0 Å². The molecule has 0 spiro atoms. The second kappa shape index (κ2) is 5.45. The standard InChI is InChI=1S/C9H12N2O3S/c1-3-14-8(13)4-6(12)7-5-11-9(10-2)15-7/h5H,3-4H2,1-2H3,(H,10,11). The number of thiazole rings is 1. The average molecular weight is 228 g/mol. The zero-order valence-electron chi connectivity index (χ0n) is 8.57. The third kappa shape index (κ3) is 3.32. The molecule has 0 saturated heterocycles. The minimum absolute atomic E-state index is 0.223. The SMILES string of the molecule is CCOC(=O)CC(=O)c1cnc(NC)s1. The molecule has 0 saturated carbocycles. The summed E-state index contributed by atoms with van der Waals surface area (Å²) in [5, 5.41) is 3.47. The van der Waals surface area contributed by atoms with Crippen molar-refractivity contribution in [3.05, 3.63) is 11.1 Å². The Morgan fingerprint density at radius 1 is 1.60 bits per heavy atom. The molecule has 0 aromatic carbocycles. The summed E-state index contributed by atoms with van der Waals surface area (Å²) in [6.45, 7) is 1.99. The molecule has 0 unspecified atom stereocenters. The van der Waals surface area contributed by atoms with Crippen molar-refractivity contribution >= 4 is 28.2 Å². The number of nitrogens with zero attached hydrogens (tertiary/aromatic N) is 1. The van der Waals surface area contributed by atoms with E-state index >= 15 is 0 Å². The second-order valence-corrected chi connectivity index (χ2v) is 3.72. The van der Waals surface area contributed by atoms with E-state index in [1.807, 2.05) is 0 Å². The number of anilines is 1. The zero-order valence-corrected chi connectivity index (χ0v) is 9.39. The molecule has 0 fully saturated rings. The van der Waals surface area contributed by atoms with Crippen LogP contribution >= 0.6 is 11.3 Å². The van der Waals surface area contributed by atoms with Crippen LogP contribution in [-0.2, 0) is 9.53 Å². The van der Waals surface area contributed by atoms with Gasteiger partial charge in [-0.2, -0.15) is 0 Å². The van der Waals surface area contributed by atoms with Gasteiger partial charge in [-0.25, -0.2) is 4.98 Å². The van der Waals surface area contributed by atoms with E-state index in [0.717, 1.165) is 0 Å². The fourth-order valence-corrected chi connectivity index (χ4v) is 1.66. The van der Waals surface area contributed by atoms with Gasteiger partial charge in [0.1, 0.15) is 6.42 Å². The first-order chi connectivity index (χ1) is 7.17. The Morgan fingerprint density at radius 3 is 2.87 bits per heavy atom. The van der Waals surface area contributed by atoms with Crippen LogP contribution in [0.1, 0.15) is 23.0 Å². The molecule has 1 N–H and O–H groups in total. The summed E-state index contributed by atoms with van der Waals surface area (Å²) < 4.78 is 4.68. The lowest BCUT2D eigenvalue weighted by atomic mass is 10.2. The Hall–Kier alpha value is -1.43. The predicted octanol–water partition coefficient (Wildman–Crippen LogP) is 1.32. The van der Waals surface area contributed by atoms with Crippen LogP contribution in [0, 0.1) is 0 Å². The van der Waals surface area contributed by atoms with Gasteiger partial charge in [-0.05, 0) is 6.92 Å². The van der Waals surface area contributed by atoms with Gasteiger partial charge in [0.2, 0.25) is 0 Å². The molecule has 1 aromatic rings. The maximum absolute atomic E-state index is 11.5. The summed E-state index contributed by atoms with van der Waals surface area (Å²) >= 11 is 1.22. The van der Waals surface area contributed by atoms with Gasteiger partial charge in [0.15, 0.2) is 10.9 Å². The molecule has 6 heteroatoms. The molecule has 1 rings (SSSR count). The van der Waals surface area contributed by atoms with Gasteiger partial charge in [0.05, 0.1) is 17.7 Å². The van der Waals surface area contributed by atoms with Crippen LogP contribution in [0.4, 0.5) is 5.13 Å². The third-order valence-corrected chi connectivity index (χ3v) is 2.66. The van der Waals surface area contributed by atoms with Crippen molar-refractivity contribution in [3.63, 3.8) is 0 Å². The van der Waals surface area contributed by atoms with E-state index in [2.05, 4.69) is 15.0 Å². The largest absolute Gasteiger partial charge is 0.466 e. The van der Waals surface area contributed by atoms with Gasteiger partial charge in [0, 0.05) is 7.05 Å². The first-order valence-electron chi connectivity index (χ1n) is 4.49. The maximum atomic E-state index is 11.5. The van der Waals surface area contributed by atoms with Gasteiger partial charge in [-0.1, -0.05) is 11.3 Å². The minimum Gasteiger partial charge on any atom is -0.466 e. The van der Waals surface area contributed by atoms with Crippen LogP contribution in [0.5, 0.6) is 0 Å². The first kappa shape index (κ1) is 11.6. The highest BCUT2D eigenvalue weighted by molar-refractivity contribution is 7.17. The molecule has 15 heavy (non-hydrogen) atoms. The number of Topliss-reactive ketones (excluding diaryl/α,β-unsaturated/α-hetero) is 1. The van der Waals surface area contributed by atoms with Crippen LogP contribution in [0.3, 0.4) is 0 Å². The molecule has 1 heterocycles. The predicted molar refractivity (Wildman–Crippen MR) is 57.2 cm³/mol. The topological polar surface area (TPSA) is 68.3 Å². The molecule has 0 aliphatic heterocycles. The molecule has 1 aromatic heterocycles. The van der Waals surface area contributed by atoms with E-state index in [4.69, 9.17) is 0 Å². The number of ketones is 1. The Balaban J connectivity index is 2.57. The zero-order chi connectivity index (χ0) is 11.3. The maximum Gasteiger partial charge on any atom is 0.313 e. The minimum atomic E-state index is -0.498. The highest BCUT2D eigenvalue weighted by Crippen LogP contribution is 2.18. The van der Waals surface area contributed by atoms with Crippen LogP contribution in [0.25, 0.3) is 0 Å². The van der Waals surface area contributed by atoms with Gasteiger partial charge < -0.3 is 10.1 Å². The molecular formula is C9H12N2O3S. The molecule has 82 valence electrons. The summed E-state index contributed by atoms with van der Waals surface area (Å²) in [4.78, 5) is 26.9. The van der Waals surface area contributed by atoms with Gasteiger partial charge in [0.25, 0.3) is 0 Å². The van der Waals surface area contributed by atoms with Crippen molar-refractivity contribution in [3.8, 4) is 0 Å². The van der Waals surface area contributed by atoms with Crippen molar-refractivity contribution in [1.82, 2.24) is 4.98 Å². The lowest BCUT2D eigenvalue weighted by Crippen LogP contribution is -2.10. The molecule has 0 atom stereocenters. The van der Waals surface area contributed by atoms with E-state index in [-0.39, 0.29) is 18.8 Å². The fourth-order valence-electron chi connectivity index (χ4n) is 0.949. The lowest BCUT2D eigenvalue weighted by molar-refractivity contribution is -0.141. The molecule has 0 aliphatic carbocycles. The number of aromatic nitrogens is 1. The van der Waals surface area contributed by atoms with Gasteiger partial charge in [-0.3, -0.25) is 9.59 Å². The number of esters is 1. The number of ether oxygens (including phenoxy) is 1. The van der Waals surface area contributed by atoms with Crippen LogP contribution in [0.15, 0.2) is 6.20 Å². The second-order valence-electron chi connectivity index (χ2n) is 2.68. The number of carbonyl (C=O) groups is 2. The summed E-state index contributed by atoms with van der Waals surface area (Å²) in [5.41, 5.74) is 0. The number of nitrogens with one attached hydrogen (secondary N) is 1. The number of rotatable bonds is 5. The molecule has 0 amide bonds. The molecule has 5 nitrogen and oxygen atoms in total. The van der Waals surface area contributed by atoms with E-state index in [9.17, 15) is 9.59 Å². The quantitative estimate of drug-likeness (QED) is 0.467. The van der Waals surface area contributed by atoms with E-state index in [1.54, 1.807) is 14.0 Å². The van der Waals surface area contributed by atoms with Crippen molar-refractivity contribution in [2.45, 2.75) is 13.3 Å². The summed E-state index contributed by atoms with van der Waals surface area (Å²) in [6, 6.07) is 0. The fraction of sp³-hybridized carbons (Fsp3) is 0.444. The summed E-state index contributed by atoms with van der Waals surface area (Å²) in [7, 11) is 1.72.